The van der Waals surface area contributed by atoms with Crippen molar-refractivity contribution < 1.29 is 19.8 Å². The van der Waals surface area contributed by atoms with Crippen LogP contribution >= 0.6 is 0 Å². The number of fused-ring (bicyclic) bond motifs is 3. The zero-order valence-electron chi connectivity index (χ0n) is 17.5. The van der Waals surface area contributed by atoms with Crippen molar-refractivity contribution in [2.45, 2.75) is 6.42 Å². The minimum Gasteiger partial charge on any atom is -0.478 e. The molecular weight excluding hydrogens is 416 g/mol. The van der Waals surface area contributed by atoms with E-state index in [1.165, 1.54) is 0 Å². The highest BCUT2D eigenvalue weighted by atomic mass is 16.4. The summed E-state index contributed by atoms with van der Waals surface area (Å²) >= 11 is 0. The van der Waals surface area contributed by atoms with Crippen LogP contribution in [-0.2, 0) is 6.42 Å². The molecule has 0 saturated carbocycles. The number of carboxylic acid groups (broad SMARTS) is 2. The van der Waals surface area contributed by atoms with Crippen LogP contribution in [0.4, 0.5) is 11.4 Å². The van der Waals surface area contributed by atoms with Gasteiger partial charge in [0.1, 0.15) is 0 Å². The van der Waals surface area contributed by atoms with E-state index in [2.05, 4.69) is 0 Å². The van der Waals surface area contributed by atoms with E-state index in [4.69, 9.17) is 11.5 Å². The van der Waals surface area contributed by atoms with Crippen molar-refractivity contribution in [2.24, 2.45) is 0 Å². The van der Waals surface area contributed by atoms with Crippen molar-refractivity contribution in [2.75, 3.05) is 11.5 Å². The van der Waals surface area contributed by atoms with Gasteiger partial charge >= 0.3 is 11.9 Å². The molecule has 0 radical (unpaired) electrons. The first kappa shape index (κ1) is 20.3. The van der Waals surface area contributed by atoms with Crippen LogP contribution in [0.5, 0.6) is 0 Å². The van der Waals surface area contributed by atoms with Gasteiger partial charge in [-0.25, -0.2) is 9.59 Å². The Balaban J connectivity index is 1.92. The maximum Gasteiger partial charge on any atom is 0.338 e. The molecule has 6 nitrogen and oxygen atoms in total. The summed E-state index contributed by atoms with van der Waals surface area (Å²) in [5.41, 5.74) is 18.6. The molecule has 0 amide bonds. The molecule has 0 aliphatic heterocycles. The quantitative estimate of drug-likeness (QED) is 0.289. The number of hydrogen-bond acceptors (Lipinski definition) is 4. The first-order chi connectivity index (χ1) is 15.9. The molecule has 0 spiro atoms. The predicted octanol–water partition coefficient (Wildman–Crippen LogP) is 5.15. The lowest BCUT2D eigenvalue weighted by atomic mass is 9.84. The molecule has 0 saturated heterocycles. The van der Waals surface area contributed by atoms with Crippen molar-refractivity contribution in [3.05, 3.63) is 95.1 Å². The number of benzene rings is 4. The molecule has 5 rings (SSSR count). The molecule has 4 aromatic rings. The van der Waals surface area contributed by atoms with Gasteiger partial charge in [0.2, 0.25) is 0 Å². The topological polar surface area (TPSA) is 127 Å². The highest BCUT2D eigenvalue weighted by Gasteiger charge is 2.28. The SMILES string of the molecule is Nc1cccc(-c2ccc3c(c2-c2cccc(N)c2C(=O)O)Cc2ccccc2-3)c1C(=O)O. The van der Waals surface area contributed by atoms with Gasteiger partial charge in [-0.2, -0.15) is 0 Å². The van der Waals surface area contributed by atoms with E-state index in [9.17, 15) is 19.8 Å². The minimum atomic E-state index is -1.15. The van der Waals surface area contributed by atoms with E-state index in [1.807, 2.05) is 36.4 Å². The Bertz CT molecular complexity index is 1470. The predicted molar refractivity (Wildman–Crippen MR) is 128 cm³/mol. The fourth-order valence-electron chi connectivity index (χ4n) is 4.79. The van der Waals surface area contributed by atoms with E-state index in [0.29, 0.717) is 28.7 Å². The lowest BCUT2D eigenvalue weighted by molar-refractivity contribution is 0.0687. The molecule has 0 fully saturated rings. The van der Waals surface area contributed by atoms with E-state index >= 15 is 0 Å². The van der Waals surface area contributed by atoms with Gasteiger partial charge in [0.25, 0.3) is 0 Å². The fourth-order valence-corrected chi connectivity index (χ4v) is 4.79. The average Bonchev–Trinajstić information content (AvgIpc) is 3.16. The Kier molecular flexibility index (Phi) is 4.64. The summed E-state index contributed by atoms with van der Waals surface area (Å²) in [5.74, 6) is -2.29. The molecule has 0 bridgehead atoms. The van der Waals surface area contributed by atoms with Gasteiger partial charge in [-0.15, -0.1) is 0 Å². The molecule has 6 heteroatoms. The van der Waals surface area contributed by atoms with E-state index < -0.39 is 11.9 Å². The molecule has 33 heavy (non-hydrogen) atoms. The van der Waals surface area contributed by atoms with Crippen molar-refractivity contribution in [1.29, 1.82) is 0 Å². The number of rotatable bonds is 4. The van der Waals surface area contributed by atoms with Gasteiger partial charge in [-0.3, -0.25) is 0 Å². The van der Waals surface area contributed by atoms with Gasteiger partial charge in [0.15, 0.2) is 0 Å². The van der Waals surface area contributed by atoms with Crippen LogP contribution in [-0.4, -0.2) is 22.2 Å². The zero-order chi connectivity index (χ0) is 23.3. The zero-order valence-corrected chi connectivity index (χ0v) is 17.5. The largest absolute Gasteiger partial charge is 0.478 e. The number of carbonyl (C=O) groups is 2. The Morgan fingerprint density at radius 1 is 0.606 bits per heavy atom. The summed E-state index contributed by atoms with van der Waals surface area (Å²) < 4.78 is 0. The van der Waals surface area contributed by atoms with E-state index in [1.54, 1.807) is 36.4 Å². The molecule has 1 aliphatic carbocycles. The number of anilines is 2. The normalized spacial score (nSPS) is 11.6. The van der Waals surface area contributed by atoms with Crippen molar-refractivity contribution >= 4 is 23.3 Å². The molecule has 0 aromatic heterocycles. The molecular formula is C27H20N2O4. The second kappa shape index (κ2) is 7.53. The summed E-state index contributed by atoms with van der Waals surface area (Å²) in [6.07, 6.45) is 0.591. The molecule has 6 N–H and O–H groups in total. The summed E-state index contributed by atoms with van der Waals surface area (Å²) in [4.78, 5) is 24.3. The van der Waals surface area contributed by atoms with Crippen LogP contribution in [0.3, 0.4) is 0 Å². The Morgan fingerprint density at radius 2 is 1.15 bits per heavy atom. The van der Waals surface area contributed by atoms with Gasteiger partial charge in [0, 0.05) is 11.4 Å². The van der Waals surface area contributed by atoms with Crippen LogP contribution in [0.1, 0.15) is 31.8 Å². The first-order valence-corrected chi connectivity index (χ1v) is 10.4. The molecule has 0 atom stereocenters. The molecule has 1 aliphatic rings. The standard InChI is InChI=1S/C27H20N2O4/c28-21-9-3-7-17(24(21)26(30)31)18-12-11-16-15-6-2-1-5-14(15)13-20(16)23(18)19-8-4-10-22(29)25(19)27(32)33/h1-12H,13,28-29H2,(H,30,31)(H,32,33). The summed E-state index contributed by atoms with van der Waals surface area (Å²) in [6, 6.07) is 21.7. The Labute approximate surface area is 189 Å². The third kappa shape index (κ3) is 3.11. The number of nitrogens with two attached hydrogens (primary N) is 2. The fraction of sp³-hybridized carbons (Fsp3) is 0.0370. The maximum absolute atomic E-state index is 12.2. The van der Waals surface area contributed by atoms with Crippen LogP contribution < -0.4 is 11.5 Å². The third-order valence-corrected chi connectivity index (χ3v) is 6.17. The minimum absolute atomic E-state index is 0.0103. The van der Waals surface area contributed by atoms with Crippen LogP contribution in [0.25, 0.3) is 33.4 Å². The average molecular weight is 436 g/mol. The van der Waals surface area contributed by atoms with Crippen LogP contribution in [0, 0.1) is 0 Å². The molecule has 0 unspecified atom stereocenters. The van der Waals surface area contributed by atoms with Crippen molar-refractivity contribution in [3.63, 3.8) is 0 Å². The van der Waals surface area contributed by atoms with Gasteiger partial charge in [0.05, 0.1) is 11.1 Å². The lowest BCUT2D eigenvalue weighted by Gasteiger charge is -2.20. The van der Waals surface area contributed by atoms with Gasteiger partial charge < -0.3 is 21.7 Å². The van der Waals surface area contributed by atoms with Crippen LogP contribution in [0.15, 0.2) is 72.8 Å². The second-order valence-corrected chi connectivity index (χ2v) is 8.00. The molecule has 162 valence electrons. The number of aromatic carboxylic acids is 2. The summed E-state index contributed by atoms with van der Waals surface area (Å²) in [5, 5.41) is 19.9. The first-order valence-electron chi connectivity index (χ1n) is 10.4. The number of carboxylic acids is 2. The second-order valence-electron chi connectivity index (χ2n) is 8.00. The van der Waals surface area contributed by atoms with Gasteiger partial charge in [-0.05, 0) is 63.1 Å². The summed E-state index contributed by atoms with van der Waals surface area (Å²) in [7, 11) is 0. The summed E-state index contributed by atoms with van der Waals surface area (Å²) in [6.45, 7) is 0. The lowest BCUT2D eigenvalue weighted by Crippen LogP contribution is -2.08. The van der Waals surface area contributed by atoms with E-state index in [-0.39, 0.29) is 22.5 Å². The third-order valence-electron chi connectivity index (χ3n) is 6.17. The van der Waals surface area contributed by atoms with Crippen LogP contribution in [0.2, 0.25) is 0 Å². The Morgan fingerprint density at radius 3 is 1.82 bits per heavy atom. The maximum atomic E-state index is 12.2. The van der Waals surface area contributed by atoms with Gasteiger partial charge in [-0.1, -0.05) is 60.7 Å². The molecule has 0 heterocycles. The highest BCUT2D eigenvalue weighted by Crippen LogP contribution is 2.48. The monoisotopic (exact) mass is 436 g/mol. The van der Waals surface area contributed by atoms with Crippen molar-refractivity contribution in [3.8, 4) is 33.4 Å². The number of hydrogen-bond donors (Lipinski definition) is 4. The smallest absolute Gasteiger partial charge is 0.338 e. The molecule has 4 aromatic carbocycles. The number of nitrogen functional groups attached to an aromatic ring is 2. The van der Waals surface area contributed by atoms with Crippen molar-refractivity contribution in [1.82, 2.24) is 0 Å². The van der Waals surface area contributed by atoms with E-state index in [0.717, 1.165) is 22.3 Å². The highest BCUT2D eigenvalue weighted by molar-refractivity contribution is 6.08. The Hall–Kier alpha value is -4.58.